The van der Waals surface area contributed by atoms with Crippen LogP contribution in [-0.2, 0) is 12.2 Å². The molecular formula is C13H25N3OS. The molecule has 0 aliphatic carbocycles. The minimum Gasteiger partial charge on any atom is -0.339 e. The second-order valence-electron chi connectivity index (χ2n) is 5.72. The fraction of sp³-hybridized carbons (Fsp3) is 0.846. The van der Waals surface area contributed by atoms with Gasteiger partial charge in [0.05, 0.1) is 5.75 Å². The minimum atomic E-state index is 0.238. The zero-order valence-electron chi connectivity index (χ0n) is 12.1. The highest BCUT2D eigenvalue weighted by Gasteiger charge is 2.13. The van der Waals surface area contributed by atoms with E-state index < -0.39 is 0 Å². The Bertz CT molecular complexity index is 344. The highest BCUT2D eigenvalue weighted by atomic mass is 32.2. The average molecular weight is 271 g/mol. The van der Waals surface area contributed by atoms with Crippen LogP contribution in [0.15, 0.2) is 4.52 Å². The quantitative estimate of drug-likeness (QED) is 0.773. The number of aryl methyl sites for hydroxylation is 1. The zero-order valence-corrected chi connectivity index (χ0v) is 12.9. The maximum absolute atomic E-state index is 5.23. The molecule has 104 valence electrons. The lowest BCUT2D eigenvalue weighted by Gasteiger charge is -2.15. The number of aromatic nitrogens is 2. The van der Waals surface area contributed by atoms with E-state index in [0.717, 1.165) is 36.9 Å². The Hall–Kier alpha value is -0.550. The van der Waals surface area contributed by atoms with Crippen LogP contribution in [0.25, 0.3) is 0 Å². The normalized spacial score (nSPS) is 12.3. The number of rotatable bonds is 7. The lowest BCUT2D eigenvalue weighted by molar-refractivity contribution is 0.370. The predicted octanol–water partition coefficient (Wildman–Crippen LogP) is 3.03. The Kier molecular flexibility index (Phi) is 6.15. The van der Waals surface area contributed by atoms with Crippen LogP contribution in [0.1, 0.15) is 52.8 Å². The van der Waals surface area contributed by atoms with Crippen LogP contribution in [0.3, 0.4) is 0 Å². The first-order chi connectivity index (χ1) is 8.37. The molecule has 0 saturated carbocycles. The van der Waals surface area contributed by atoms with Gasteiger partial charge in [0.15, 0.2) is 5.82 Å². The van der Waals surface area contributed by atoms with Crippen molar-refractivity contribution < 1.29 is 4.52 Å². The summed E-state index contributed by atoms with van der Waals surface area (Å²) in [5, 5.41) is 7.38. The highest BCUT2D eigenvalue weighted by Crippen LogP contribution is 2.26. The van der Waals surface area contributed by atoms with E-state index in [1.54, 1.807) is 0 Å². The van der Waals surface area contributed by atoms with Gasteiger partial charge in [-0.3, -0.25) is 0 Å². The fourth-order valence-electron chi connectivity index (χ4n) is 1.36. The van der Waals surface area contributed by atoms with E-state index in [4.69, 9.17) is 4.52 Å². The Labute approximate surface area is 114 Å². The highest BCUT2D eigenvalue weighted by molar-refractivity contribution is 7.99. The lowest BCUT2D eigenvalue weighted by atomic mass is 10.3. The van der Waals surface area contributed by atoms with Crippen molar-refractivity contribution in [3.8, 4) is 0 Å². The van der Waals surface area contributed by atoms with Crippen LogP contribution in [0.5, 0.6) is 0 Å². The number of nitrogens with zero attached hydrogens (tertiary/aromatic N) is 2. The van der Waals surface area contributed by atoms with E-state index in [1.165, 1.54) is 0 Å². The van der Waals surface area contributed by atoms with Gasteiger partial charge in [0.25, 0.3) is 0 Å². The van der Waals surface area contributed by atoms with Crippen LogP contribution in [0.4, 0.5) is 0 Å². The van der Waals surface area contributed by atoms with E-state index in [9.17, 15) is 0 Å². The zero-order chi connectivity index (χ0) is 13.6. The molecule has 4 nitrogen and oxygen atoms in total. The molecule has 5 heteroatoms. The van der Waals surface area contributed by atoms with Crippen LogP contribution in [0.2, 0.25) is 0 Å². The van der Waals surface area contributed by atoms with Gasteiger partial charge in [0.2, 0.25) is 5.89 Å². The summed E-state index contributed by atoms with van der Waals surface area (Å²) in [5.41, 5.74) is 0. The molecule has 1 rings (SSSR count). The maximum atomic E-state index is 5.23. The first-order valence-electron chi connectivity index (χ1n) is 6.55. The summed E-state index contributed by atoms with van der Waals surface area (Å²) >= 11 is 1.83. The SMILES string of the molecule is CC(C)NCCCc1nc(CSC(C)(C)C)no1. The molecule has 0 amide bonds. The fourth-order valence-corrected chi connectivity index (χ4v) is 2.04. The molecule has 0 bridgehead atoms. The van der Waals surface area contributed by atoms with E-state index in [-0.39, 0.29) is 4.75 Å². The lowest BCUT2D eigenvalue weighted by Crippen LogP contribution is -2.23. The van der Waals surface area contributed by atoms with Crippen LogP contribution in [-0.4, -0.2) is 27.5 Å². The standard InChI is InChI=1S/C13H25N3OS/c1-10(2)14-8-6-7-12-15-11(16-17-12)9-18-13(3,4)5/h10,14H,6-9H2,1-5H3. The molecule has 0 spiro atoms. The molecule has 0 unspecified atom stereocenters. The second kappa shape index (κ2) is 7.14. The third-order valence-corrected chi connectivity index (χ3v) is 3.53. The van der Waals surface area contributed by atoms with Crippen LogP contribution < -0.4 is 5.32 Å². The van der Waals surface area contributed by atoms with Crippen molar-refractivity contribution in [1.29, 1.82) is 0 Å². The molecule has 18 heavy (non-hydrogen) atoms. The summed E-state index contributed by atoms with van der Waals surface area (Å²) in [4.78, 5) is 4.40. The Balaban J connectivity index is 2.26. The largest absolute Gasteiger partial charge is 0.339 e. The smallest absolute Gasteiger partial charge is 0.226 e. The van der Waals surface area contributed by atoms with Crippen molar-refractivity contribution in [3.63, 3.8) is 0 Å². The van der Waals surface area contributed by atoms with Gasteiger partial charge in [0, 0.05) is 17.2 Å². The first-order valence-corrected chi connectivity index (χ1v) is 7.54. The molecule has 0 atom stereocenters. The van der Waals surface area contributed by atoms with Gasteiger partial charge in [-0.1, -0.05) is 39.8 Å². The molecule has 1 aromatic heterocycles. The first kappa shape index (κ1) is 15.5. The van der Waals surface area contributed by atoms with Crippen molar-refractivity contribution in [2.45, 2.75) is 64.0 Å². The van der Waals surface area contributed by atoms with Crippen molar-refractivity contribution >= 4 is 11.8 Å². The molecule has 1 heterocycles. The van der Waals surface area contributed by atoms with E-state index in [2.05, 4.69) is 50.1 Å². The Morgan fingerprint density at radius 3 is 2.67 bits per heavy atom. The topological polar surface area (TPSA) is 51.0 Å². The summed E-state index contributed by atoms with van der Waals surface area (Å²) in [6.07, 6.45) is 1.89. The van der Waals surface area contributed by atoms with Gasteiger partial charge >= 0.3 is 0 Å². The van der Waals surface area contributed by atoms with Crippen molar-refractivity contribution in [2.75, 3.05) is 6.54 Å². The number of hydrogen-bond acceptors (Lipinski definition) is 5. The summed E-state index contributed by atoms with van der Waals surface area (Å²) in [5.74, 6) is 2.38. The average Bonchev–Trinajstić information content (AvgIpc) is 2.68. The molecule has 0 aromatic carbocycles. The molecule has 0 aliphatic rings. The molecular weight excluding hydrogens is 246 g/mol. The Morgan fingerprint density at radius 1 is 1.33 bits per heavy atom. The molecule has 0 aliphatic heterocycles. The van der Waals surface area contributed by atoms with E-state index in [1.807, 2.05) is 11.8 Å². The van der Waals surface area contributed by atoms with E-state index in [0.29, 0.717) is 6.04 Å². The van der Waals surface area contributed by atoms with Crippen LogP contribution in [0, 0.1) is 0 Å². The monoisotopic (exact) mass is 271 g/mol. The minimum absolute atomic E-state index is 0.238. The summed E-state index contributed by atoms with van der Waals surface area (Å²) in [7, 11) is 0. The van der Waals surface area contributed by atoms with E-state index >= 15 is 0 Å². The molecule has 1 aromatic rings. The number of nitrogens with one attached hydrogen (secondary N) is 1. The maximum Gasteiger partial charge on any atom is 0.226 e. The summed E-state index contributed by atoms with van der Waals surface area (Å²) < 4.78 is 5.47. The number of hydrogen-bond donors (Lipinski definition) is 1. The van der Waals surface area contributed by atoms with Gasteiger partial charge in [-0.05, 0) is 13.0 Å². The summed E-state index contributed by atoms with van der Waals surface area (Å²) in [6.45, 7) is 11.9. The molecule has 0 saturated heterocycles. The van der Waals surface area contributed by atoms with Gasteiger partial charge in [-0.15, -0.1) is 11.8 Å². The predicted molar refractivity (Wildman–Crippen MR) is 76.8 cm³/mol. The molecule has 1 N–H and O–H groups in total. The second-order valence-corrected chi connectivity index (χ2v) is 7.52. The Morgan fingerprint density at radius 2 is 2.06 bits per heavy atom. The summed E-state index contributed by atoms with van der Waals surface area (Å²) in [6, 6.07) is 0.534. The number of thioether (sulfide) groups is 1. The van der Waals surface area contributed by atoms with Gasteiger partial charge in [0.1, 0.15) is 0 Å². The van der Waals surface area contributed by atoms with Crippen molar-refractivity contribution in [3.05, 3.63) is 11.7 Å². The van der Waals surface area contributed by atoms with Gasteiger partial charge in [-0.25, -0.2) is 0 Å². The molecule has 0 fully saturated rings. The van der Waals surface area contributed by atoms with Crippen molar-refractivity contribution in [2.24, 2.45) is 0 Å². The van der Waals surface area contributed by atoms with Gasteiger partial charge in [-0.2, -0.15) is 4.98 Å². The van der Waals surface area contributed by atoms with Crippen molar-refractivity contribution in [1.82, 2.24) is 15.5 Å². The third kappa shape index (κ3) is 7.01. The third-order valence-electron chi connectivity index (χ3n) is 2.26. The van der Waals surface area contributed by atoms with Crippen LogP contribution >= 0.6 is 11.8 Å². The molecule has 0 radical (unpaired) electrons. The van der Waals surface area contributed by atoms with Gasteiger partial charge < -0.3 is 9.84 Å².